The Morgan fingerprint density at radius 3 is 2.33 bits per heavy atom. The zero-order valence-electron chi connectivity index (χ0n) is 20.4. The number of amides is 5. The summed E-state index contributed by atoms with van der Waals surface area (Å²) in [4.78, 5) is 74.1. The maximum Gasteiger partial charge on any atom is 0.408 e. The minimum Gasteiger partial charge on any atom is -0.444 e. The number of piperidine rings is 1. The molecule has 0 spiro atoms. The Balaban J connectivity index is 1.41. The van der Waals surface area contributed by atoms with E-state index in [2.05, 4.69) is 10.6 Å². The van der Waals surface area contributed by atoms with Gasteiger partial charge in [-0.1, -0.05) is 0 Å². The van der Waals surface area contributed by atoms with Crippen molar-refractivity contribution >= 4 is 35.4 Å². The van der Waals surface area contributed by atoms with Gasteiger partial charge in [-0.3, -0.25) is 34.2 Å². The van der Waals surface area contributed by atoms with Crippen molar-refractivity contribution in [2.75, 3.05) is 32.7 Å². The van der Waals surface area contributed by atoms with Gasteiger partial charge in [-0.15, -0.1) is 0 Å². The number of hydrogen-bond donors (Lipinski definition) is 2. The van der Waals surface area contributed by atoms with E-state index in [1.165, 1.54) is 6.07 Å². The number of alkyl carbamates (subject to hydrolysis) is 1. The molecule has 2 N–H and O–H groups in total. The first-order valence-corrected chi connectivity index (χ1v) is 11.5. The number of carbonyl (C=O) groups excluding carboxylic acids is 5. The third-order valence-electron chi connectivity index (χ3n) is 5.80. The maximum atomic E-state index is 12.5. The number of benzene rings is 1. The summed E-state index contributed by atoms with van der Waals surface area (Å²) < 4.78 is 5.11. The van der Waals surface area contributed by atoms with Crippen LogP contribution in [0.25, 0.3) is 0 Å². The van der Waals surface area contributed by atoms with Crippen LogP contribution in [-0.4, -0.2) is 82.8 Å². The Morgan fingerprint density at radius 2 is 1.72 bits per heavy atom. The van der Waals surface area contributed by atoms with E-state index in [-0.39, 0.29) is 35.2 Å². The molecule has 2 heterocycles. The first-order valence-electron chi connectivity index (χ1n) is 11.5. The van der Waals surface area contributed by atoms with Crippen LogP contribution in [-0.2, 0) is 14.3 Å². The van der Waals surface area contributed by atoms with Crippen molar-refractivity contribution in [2.45, 2.75) is 39.2 Å². The summed E-state index contributed by atoms with van der Waals surface area (Å²) in [7, 11) is 0. The molecule has 2 aliphatic rings. The monoisotopic (exact) mass is 503 g/mol. The number of hydrogen-bond acceptors (Lipinski definition) is 8. The third-order valence-corrected chi connectivity index (χ3v) is 5.80. The second-order valence-electron chi connectivity index (χ2n) is 9.67. The van der Waals surface area contributed by atoms with Crippen LogP contribution in [0.4, 0.5) is 10.5 Å². The SMILES string of the molecule is CC(C)(C)OC(=O)NCC(=O)N1CCC(CNC(=O)CN2C(=O)c3ccc([N+](=O)[O-])cc3C2=O)CC1. The molecule has 0 aromatic heterocycles. The molecule has 0 radical (unpaired) electrons. The third kappa shape index (κ3) is 6.55. The van der Waals surface area contributed by atoms with Gasteiger partial charge in [0.1, 0.15) is 18.7 Å². The zero-order chi connectivity index (χ0) is 26.6. The molecule has 3 rings (SSSR count). The summed E-state index contributed by atoms with van der Waals surface area (Å²) in [5, 5.41) is 16.1. The number of ether oxygens (including phenoxy) is 1. The molecule has 0 saturated carbocycles. The van der Waals surface area contributed by atoms with Gasteiger partial charge in [-0.25, -0.2) is 4.79 Å². The van der Waals surface area contributed by atoms with Crippen LogP contribution in [0.3, 0.4) is 0 Å². The van der Waals surface area contributed by atoms with E-state index in [1.54, 1.807) is 25.7 Å². The number of likely N-dealkylation sites (tertiary alicyclic amines) is 1. The quantitative estimate of drug-likeness (QED) is 0.316. The van der Waals surface area contributed by atoms with Crippen molar-refractivity contribution in [3.63, 3.8) is 0 Å². The van der Waals surface area contributed by atoms with Gasteiger partial charge in [0.2, 0.25) is 11.8 Å². The summed E-state index contributed by atoms with van der Waals surface area (Å²) in [6.07, 6.45) is 0.606. The zero-order valence-corrected chi connectivity index (χ0v) is 20.4. The molecular formula is C23H29N5O8. The van der Waals surface area contributed by atoms with Crippen LogP contribution in [0.1, 0.15) is 54.3 Å². The van der Waals surface area contributed by atoms with Crippen molar-refractivity contribution in [2.24, 2.45) is 5.92 Å². The molecule has 36 heavy (non-hydrogen) atoms. The fourth-order valence-electron chi connectivity index (χ4n) is 3.95. The summed E-state index contributed by atoms with van der Waals surface area (Å²) in [6, 6.07) is 3.38. The predicted octanol–water partition coefficient (Wildman–Crippen LogP) is 1.07. The molecule has 194 valence electrons. The molecule has 0 atom stereocenters. The summed E-state index contributed by atoms with van der Waals surface area (Å²) in [5.41, 5.74) is -1.04. The minimum atomic E-state index is -0.749. The lowest BCUT2D eigenvalue weighted by Crippen LogP contribution is -2.47. The molecule has 0 aliphatic carbocycles. The van der Waals surface area contributed by atoms with E-state index in [0.717, 1.165) is 17.0 Å². The number of imide groups is 1. The maximum absolute atomic E-state index is 12.5. The Labute approximate surface area is 207 Å². The number of fused-ring (bicyclic) bond motifs is 1. The Bertz CT molecular complexity index is 1090. The number of nitro groups is 1. The fraction of sp³-hybridized carbons (Fsp3) is 0.522. The van der Waals surface area contributed by atoms with Gasteiger partial charge in [0.15, 0.2) is 0 Å². The number of nitrogens with one attached hydrogen (secondary N) is 2. The van der Waals surface area contributed by atoms with Gasteiger partial charge >= 0.3 is 6.09 Å². The lowest BCUT2D eigenvalue weighted by Gasteiger charge is -2.32. The second kappa shape index (κ2) is 10.7. The highest BCUT2D eigenvalue weighted by Crippen LogP contribution is 2.26. The van der Waals surface area contributed by atoms with Crippen LogP contribution < -0.4 is 10.6 Å². The molecule has 1 aromatic rings. The van der Waals surface area contributed by atoms with Gasteiger partial charge in [0, 0.05) is 31.8 Å². The highest BCUT2D eigenvalue weighted by Gasteiger charge is 2.38. The van der Waals surface area contributed by atoms with E-state index >= 15 is 0 Å². The minimum absolute atomic E-state index is 0.0246. The predicted molar refractivity (Wildman–Crippen MR) is 125 cm³/mol. The first-order chi connectivity index (χ1) is 16.9. The highest BCUT2D eigenvalue weighted by atomic mass is 16.6. The number of non-ortho nitro benzene ring substituents is 1. The van der Waals surface area contributed by atoms with E-state index in [1.807, 2.05) is 0 Å². The van der Waals surface area contributed by atoms with Crippen molar-refractivity contribution in [3.8, 4) is 0 Å². The van der Waals surface area contributed by atoms with Crippen molar-refractivity contribution in [3.05, 3.63) is 39.4 Å². The summed E-state index contributed by atoms with van der Waals surface area (Å²) >= 11 is 0. The van der Waals surface area contributed by atoms with Crippen LogP contribution in [0.2, 0.25) is 0 Å². The van der Waals surface area contributed by atoms with Crippen LogP contribution in [0.5, 0.6) is 0 Å². The molecular weight excluding hydrogens is 474 g/mol. The molecule has 1 fully saturated rings. The number of nitro benzene ring substituents is 1. The molecule has 1 aromatic carbocycles. The van der Waals surface area contributed by atoms with E-state index < -0.39 is 40.9 Å². The lowest BCUT2D eigenvalue weighted by atomic mass is 9.96. The average molecular weight is 504 g/mol. The van der Waals surface area contributed by atoms with E-state index in [9.17, 15) is 34.1 Å². The van der Waals surface area contributed by atoms with Gasteiger partial charge in [0.25, 0.3) is 17.5 Å². The first kappa shape index (κ1) is 26.6. The van der Waals surface area contributed by atoms with Crippen molar-refractivity contribution in [1.29, 1.82) is 0 Å². The number of nitrogens with zero attached hydrogens (tertiary/aromatic N) is 3. The van der Waals surface area contributed by atoms with Gasteiger partial charge in [0.05, 0.1) is 16.1 Å². The van der Waals surface area contributed by atoms with Crippen LogP contribution in [0.15, 0.2) is 18.2 Å². The number of carbonyl (C=O) groups is 5. The molecule has 2 aliphatic heterocycles. The Kier molecular flexibility index (Phi) is 7.90. The lowest BCUT2D eigenvalue weighted by molar-refractivity contribution is -0.384. The molecule has 0 bridgehead atoms. The summed E-state index contributed by atoms with van der Waals surface area (Å²) in [5.74, 6) is -2.08. The van der Waals surface area contributed by atoms with Crippen LogP contribution in [0, 0.1) is 16.0 Å². The average Bonchev–Trinajstić information content (AvgIpc) is 3.04. The highest BCUT2D eigenvalue weighted by molar-refractivity contribution is 6.22. The van der Waals surface area contributed by atoms with Gasteiger partial charge in [-0.05, 0) is 45.6 Å². The normalized spacial score (nSPS) is 16.0. The molecule has 0 unspecified atom stereocenters. The topological polar surface area (TPSA) is 168 Å². The van der Waals surface area contributed by atoms with Gasteiger partial charge < -0.3 is 20.3 Å². The Hall–Kier alpha value is -4.03. The van der Waals surface area contributed by atoms with E-state index in [4.69, 9.17) is 4.74 Å². The fourth-order valence-corrected chi connectivity index (χ4v) is 3.95. The van der Waals surface area contributed by atoms with Gasteiger partial charge in [-0.2, -0.15) is 0 Å². The standard InChI is InChI=1S/C23H29N5O8/c1-23(2,3)36-22(33)25-12-19(30)26-8-6-14(7-9-26)11-24-18(29)13-27-20(31)16-5-4-15(28(34)35)10-17(16)21(27)32/h4-5,10,14H,6-9,11-13H2,1-3H3,(H,24,29)(H,25,33). The molecule has 1 saturated heterocycles. The summed E-state index contributed by atoms with van der Waals surface area (Å²) in [6.45, 7) is 5.77. The molecule has 13 heteroatoms. The second-order valence-corrected chi connectivity index (χ2v) is 9.67. The largest absolute Gasteiger partial charge is 0.444 e. The smallest absolute Gasteiger partial charge is 0.408 e. The van der Waals surface area contributed by atoms with Crippen molar-refractivity contribution in [1.82, 2.24) is 20.4 Å². The van der Waals surface area contributed by atoms with Crippen molar-refractivity contribution < 1.29 is 33.6 Å². The number of rotatable bonds is 7. The molecule has 13 nitrogen and oxygen atoms in total. The Morgan fingerprint density at radius 1 is 1.08 bits per heavy atom. The van der Waals surface area contributed by atoms with E-state index in [0.29, 0.717) is 32.5 Å². The molecule has 5 amide bonds. The van der Waals surface area contributed by atoms with Crippen LogP contribution >= 0.6 is 0 Å².